The molecule has 106 valence electrons. The molecule has 0 saturated heterocycles. The SMILES string of the molecule is CCCCN(CCO)C(=O)Nc1ccc(Br)c(C)c1. The highest BCUT2D eigenvalue weighted by Gasteiger charge is 2.12. The highest BCUT2D eigenvalue weighted by molar-refractivity contribution is 9.10. The van der Waals surface area contributed by atoms with Gasteiger partial charge in [-0.1, -0.05) is 29.3 Å². The van der Waals surface area contributed by atoms with Crippen molar-refractivity contribution < 1.29 is 9.90 Å². The minimum Gasteiger partial charge on any atom is -0.395 e. The second-order valence-corrected chi connectivity index (χ2v) is 5.31. The third kappa shape index (κ3) is 5.20. The van der Waals surface area contributed by atoms with Gasteiger partial charge in [-0.15, -0.1) is 0 Å². The first-order valence-corrected chi connectivity index (χ1v) is 7.30. The molecule has 0 aromatic heterocycles. The zero-order valence-electron chi connectivity index (χ0n) is 11.4. The minimum atomic E-state index is -0.163. The number of unbranched alkanes of at least 4 members (excludes halogenated alkanes) is 1. The highest BCUT2D eigenvalue weighted by atomic mass is 79.9. The van der Waals surface area contributed by atoms with Crippen LogP contribution < -0.4 is 5.32 Å². The van der Waals surface area contributed by atoms with Crippen molar-refractivity contribution in [2.24, 2.45) is 0 Å². The van der Waals surface area contributed by atoms with Crippen molar-refractivity contribution in [2.45, 2.75) is 26.7 Å². The maximum atomic E-state index is 12.1. The number of nitrogens with one attached hydrogen (secondary N) is 1. The van der Waals surface area contributed by atoms with E-state index in [4.69, 9.17) is 5.11 Å². The van der Waals surface area contributed by atoms with E-state index >= 15 is 0 Å². The van der Waals surface area contributed by atoms with Gasteiger partial charge in [0.25, 0.3) is 0 Å². The number of aliphatic hydroxyl groups is 1. The van der Waals surface area contributed by atoms with Crippen molar-refractivity contribution in [3.63, 3.8) is 0 Å². The van der Waals surface area contributed by atoms with Gasteiger partial charge in [0.15, 0.2) is 0 Å². The van der Waals surface area contributed by atoms with Gasteiger partial charge in [0.2, 0.25) is 0 Å². The van der Waals surface area contributed by atoms with Crippen LogP contribution in [0, 0.1) is 6.92 Å². The molecule has 1 aromatic carbocycles. The van der Waals surface area contributed by atoms with E-state index in [-0.39, 0.29) is 12.6 Å². The Morgan fingerprint density at radius 2 is 2.16 bits per heavy atom. The molecule has 1 rings (SSSR count). The number of anilines is 1. The van der Waals surface area contributed by atoms with Gasteiger partial charge in [0, 0.05) is 23.2 Å². The molecule has 4 nitrogen and oxygen atoms in total. The van der Waals surface area contributed by atoms with E-state index in [0.717, 1.165) is 28.6 Å². The minimum absolute atomic E-state index is 0.0174. The summed E-state index contributed by atoms with van der Waals surface area (Å²) in [7, 11) is 0. The van der Waals surface area contributed by atoms with Crippen molar-refractivity contribution in [3.8, 4) is 0 Å². The Balaban J connectivity index is 2.66. The zero-order chi connectivity index (χ0) is 14.3. The lowest BCUT2D eigenvalue weighted by molar-refractivity contribution is 0.187. The summed E-state index contributed by atoms with van der Waals surface area (Å²) < 4.78 is 1.02. The molecule has 0 atom stereocenters. The predicted molar refractivity (Wildman–Crippen MR) is 81.5 cm³/mol. The highest BCUT2D eigenvalue weighted by Crippen LogP contribution is 2.20. The van der Waals surface area contributed by atoms with E-state index < -0.39 is 0 Å². The molecule has 0 spiro atoms. The monoisotopic (exact) mass is 328 g/mol. The molecule has 19 heavy (non-hydrogen) atoms. The number of nitrogens with zero attached hydrogens (tertiary/aromatic N) is 1. The van der Waals surface area contributed by atoms with Gasteiger partial charge in [-0.3, -0.25) is 0 Å². The van der Waals surface area contributed by atoms with Crippen LogP contribution in [0.25, 0.3) is 0 Å². The normalized spacial score (nSPS) is 10.3. The molecule has 2 amide bonds. The second-order valence-electron chi connectivity index (χ2n) is 4.46. The van der Waals surface area contributed by atoms with Gasteiger partial charge in [-0.05, 0) is 37.1 Å². The van der Waals surface area contributed by atoms with E-state index in [0.29, 0.717) is 13.1 Å². The lowest BCUT2D eigenvalue weighted by atomic mass is 10.2. The molecular weight excluding hydrogens is 308 g/mol. The van der Waals surface area contributed by atoms with Crippen LogP contribution >= 0.6 is 15.9 Å². The smallest absolute Gasteiger partial charge is 0.321 e. The van der Waals surface area contributed by atoms with Crippen molar-refractivity contribution in [1.29, 1.82) is 0 Å². The van der Waals surface area contributed by atoms with Crippen LogP contribution in [0.4, 0.5) is 10.5 Å². The van der Waals surface area contributed by atoms with Gasteiger partial charge in [-0.2, -0.15) is 0 Å². The fourth-order valence-electron chi connectivity index (χ4n) is 1.71. The summed E-state index contributed by atoms with van der Waals surface area (Å²) in [6.07, 6.45) is 1.96. The largest absolute Gasteiger partial charge is 0.395 e. The first-order chi connectivity index (χ1) is 9.08. The summed E-state index contributed by atoms with van der Waals surface area (Å²) >= 11 is 3.43. The van der Waals surface area contributed by atoms with E-state index in [9.17, 15) is 4.79 Å². The molecule has 0 bridgehead atoms. The number of amides is 2. The van der Waals surface area contributed by atoms with Gasteiger partial charge >= 0.3 is 6.03 Å². The van der Waals surface area contributed by atoms with Crippen LogP contribution in [-0.4, -0.2) is 35.7 Å². The second kappa shape index (κ2) is 8.17. The fourth-order valence-corrected chi connectivity index (χ4v) is 1.96. The van der Waals surface area contributed by atoms with Crippen LogP contribution in [0.3, 0.4) is 0 Å². The molecular formula is C14H21BrN2O2. The molecule has 2 N–H and O–H groups in total. The van der Waals surface area contributed by atoms with Crippen molar-refractivity contribution in [1.82, 2.24) is 4.90 Å². The number of hydrogen-bond donors (Lipinski definition) is 2. The van der Waals surface area contributed by atoms with E-state index in [2.05, 4.69) is 28.2 Å². The molecule has 1 aromatic rings. The third-order valence-corrected chi connectivity index (χ3v) is 3.74. The summed E-state index contributed by atoms with van der Waals surface area (Å²) in [5.41, 5.74) is 1.84. The average molecular weight is 329 g/mol. The maximum Gasteiger partial charge on any atom is 0.321 e. The van der Waals surface area contributed by atoms with Crippen LogP contribution in [0.1, 0.15) is 25.3 Å². The van der Waals surface area contributed by atoms with Crippen molar-refractivity contribution >= 4 is 27.6 Å². The van der Waals surface area contributed by atoms with Gasteiger partial charge < -0.3 is 15.3 Å². The predicted octanol–water partition coefficient (Wildman–Crippen LogP) is 3.38. The summed E-state index contributed by atoms with van der Waals surface area (Å²) in [5, 5.41) is 11.9. The Bertz CT molecular complexity index is 424. The first-order valence-electron chi connectivity index (χ1n) is 6.51. The van der Waals surface area contributed by atoms with Gasteiger partial charge in [0.05, 0.1) is 6.61 Å². The Labute approximate surface area is 122 Å². The topological polar surface area (TPSA) is 52.6 Å². The molecule has 0 aliphatic heterocycles. The lowest BCUT2D eigenvalue weighted by Crippen LogP contribution is -2.37. The third-order valence-electron chi connectivity index (χ3n) is 2.85. The number of aryl methyl sites for hydroxylation is 1. The number of rotatable bonds is 6. The molecule has 0 aliphatic carbocycles. The fraction of sp³-hybridized carbons (Fsp3) is 0.500. The molecule has 0 radical (unpaired) electrons. The Hall–Kier alpha value is -1.07. The molecule has 0 unspecified atom stereocenters. The van der Waals surface area contributed by atoms with Crippen molar-refractivity contribution in [2.75, 3.05) is 25.0 Å². The summed E-state index contributed by atoms with van der Waals surface area (Å²) in [5.74, 6) is 0. The maximum absolute atomic E-state index is 12.1. The first kappa shape index (κ1) is 16.0. The number of carbonyl (C=O) groups is 1. The van der Waals surface area contributed by atoms with Crippen LogP contribution in [0.15, 0.2) is 22.7 Å². The van der Waals surface area contributed by atoms with E-state index in [1.54, 1.807) is 4.90 Å². The molecule has 0 aliphatic rings. The number of urea groups is 1. The number of aliphatic hydroxyl groups excluding tert-OH is 1. The Kier molecular flexibility index (Phi) is 6.87. The van der Waals surface area contributed by atoms with Crippen LogP contribution in [0.5, 0.6) is 0 Å². The number of carbonyl (C=O) groups excluding carboxylic acids is 1. The number of halogens is 1. The zero-order valence-corrected chi connectivity index (χ0v) is 13.0. The van der Waals surface area contributed by atoms with Crippen molar-refractivity contribution in [3.05, 3.63) is 28.2 Å². The van der Waals surface area contributed by atoms with Crippen LogP contribution in [-0.2, 0) is 0 Å². The van der Waals surface area contributed by atoms with Crippen LogP contribution in [0.2, 0.25) is 0 Å². The summed E-state index contributed by atoms with van der Waals surface area (Å²) in [4.78, 5) is 13.7. The standard InChI is InChI=1S/C14H21BrN2O2/c1-3-4-7-17(8-9-18)14(19)16-12-5-6-13(15)11(2)10-12/h5-6,10,18H,3-4,7-9H2,1-2H3,(H,16,19). The van der Waals surface area contributed by atoms with Gasteiger partial charge in [0.1, 0.15) is 0 Å². The number of hydrogen-bond acceptors (Lipinski definition) is 2. The Morgan fingerprint density at radius 1 is 1.42 bits per heavy atom. The summed E-state index contributed by atoms with van der Waals surface area (Å²) in [6.45, 7) is 5.06. The number of benzene rings is 1. The van der Waals surface area contributed by atoms with Gasteiger partial charge in [-0.25, -0.2) is 4.79 Å². The van der Waals surface area contributed by atoms with E-state index in [1.165, 1.54) is 0 Å². The average Bonchev–Trinajstić information content (AvgIpc) is 2.38. The Morgan fingerprint density at radius 3 is 2.74 bits per heavy atom. The molecule has 0 saturated carbocycles. The quantitative estimate of drug-likeness (QED) is 0.841. The molecule has 0 heterocycles. The lowest BCUT2D eigenvalue weighted by Gasteiger charge is -2.22. The molecule has 0 fully saturated rings. The van der Waals surface area contributed by atoms with E-state index in [1.807, 2.05) is 25.1 Å². The summed E-state index contributed by atoms with van der Waals surface area (Å²) in [6, 6.07) is 5.52. The molecule has 5 heteroatoms.